The van der Waals surface area contributed by atoms with Crippen molar-refractivity contribution in [1.29, 1.82) is 0 Å². The van der Waals surface area contributed by atoms with E-state index in [2.05, 4.69) is 126 Å². The minimum atomic E-state index is 0.935. The lowest BCUT2D eigenvalue weighted by Gasteiger charge is -2.14. The van der Waals surface area contributed by atoms with Crippen molar-refractivity contribution in [2.45, 2.75) is 0 Å². The Bertz CT molecular complexity index is 2240. The van der Waals surface area contributed by atoms with Gasteiger partial charge in [0, 0.05) is 22.4 Å². The van der Waals surface area contributed by atoms with E-state index in [1.165, 1.54) is 76.7 Å². The number of pyridine rings is 1. The largest absolute Gasteiger partial charge is 0.293 e. The summed E-state index contributed by atoms with van der Waals surface area (Å²) in [6.45, 7) is 0. The molecule has 2 aromatic heterocycles. The lowest BCUT2D eigenvalue weighted by molar-refractivity contribution is 1.08. The van der Waals surface area contributed by atoms with Gasteiger partial charge in [-0.05, 0) is 73.8 Å². The summed E-state index contributed by atoms with van der Waals surface area (Å²) >= 11 is 0. The summed E-state index contributed by atoms with van der Waals surface area (Å²) in [7, 11) is 0. The summed E-state index contributed by atoms with van der Waals surface area (Å²) in [6.07, 6.45) is 1.87. The van der Waals surface area contributed by atoms with E-state index in [9.17, 15) is 0 Å². The van der Waals surface area contributed by atoms with Crippen LogP contribution in [0.2, 0.25) is 0 Å². The van der Waals surface area contributed by atoms with Gasteiger partial charge in [-0.15, -0.1) is 0 Å². The van der Waals surface area contributed by atoms with Crippen LogP contribution in [0.4, 0.5) is 0 Å². The van der Waals surface area contributed by atoms with Gasteiger partial charge in [-0.25, -0.2) is 4.98 Å². The highest BCUT2D eigenvalue weighted by atomic mass is 15.1. The SMILES string of the molecule is c1ccc(-n2c3ccccc3c3cc(-c4ccc5c6c(cccc46)-c4ccccc4-5)c4ccccc4c32)nc1. The Kier molecular flexibility index (Phi) is 4.08. The first-order valence-electron chi connectivity index (χ1n) is 13.4. The molecule has 0 unspecified atom stereocenters. The van der Waals surface area contributed by atoms with Gasteiger partial charge in [-0.3, -0.25) is 4.57 Å². The van der Waals surface area contributed by atoms with Crippen molar-refractivity contribution in [1.82, 2.24) is 9.55 Å². The molecule has 1 aliphatic rings. The van der Waals surface area contributed by atoms with Crippen LogP contribution in [0.1, 0.15) is 0 Å². The number of fused-ring (bicyclic) bond motifs is 8. The van der Waals surface area contributed by atoms with Crippen LogP contribution in [0.3, 0.4) is 0 Å². The van der Waals surface area contributed by atoms with Crippen LogP contribution in [0.5, 0.6) is 0 Å². The zero-order valence-corrected chi connectivity index (χ0v) is 21.1. The molecule has 0 radical (unpaired) electrons. The van der Waals surface area contributed by atoms with Crippen molar-refractivity contribution >= 4 is 43.4 Å². The normalized spacial score (nSPS) is 12.1. The van der Waals surface area contributed by atoms with Crippen LogP contribution < -0.4 is 0 Å². The van der Waals surface area contributed by atoms with E-state index < -0.39 is 0 Å². The third kappa shape index (κ3) is 2.73. The molecule has 8 aromatic rings. The average Bonchev–Trinajstić information content (AvgIpc) is 3.52. The standard InChI is InChI=1S/C37H22N2/c1-2-11-24-23(10-1)28-15-9-16-29-26(19-20-30(24)36(28)29)32-22-33-27-13-5-6-17-34(27)39(35-18-7-8-21-38-35)37(33)31-14-4-3-12-25(31)32/h1-22H. The molecule has 0 aliphatic heterocycles. The Labute approximate surface area is 225 Å². The van der Waals surface area contributed by atoms with Gasteiger partial charge in [0.1, 0.15) is 5.82 Å². The molecule has 0 bridgehead atoms. The van der Waals surface area contributed by atoms with Gasteiger partial charge in [0.2, 0.25) is 0 Å². The minimum absolute atomic E-state index is 0.935. The molecule has 0 saturated heterocycles. The predicted octanol–water partition coefficient (Wildman–Crippen LogP) is 9.80. The van der Waals surface area contributed by atoms with Crippen LogP contribution >= 0.6 is 0 Å². The van der Waals surface area contributed by atoms with Crippen LogP contribution in [0, 0.1) is 0 Å². The first-order valence-corrected chi connectivity index (χ1v) is 13.4. The number of nitrogens with zero attached hydrogens (tertiary/aromatic N) is 2. The second kappa shape index (κ2) is 7.66. The highest BCUT2D eigenvalue weighted by Crippen LogP contribution is 2.50. The number of rotatable bonds is 2. The maximum Gasteiger partial charge on any atom is 0.137 e. The highest BCUT2D eigenvalue weighted by molar-refractivity contribution is 6.25. The smallest absolute Gasteiger partial charge is 0.137 e. The topological polar surface area (TPSA) is 17.8 Å². The van der Waals surface area contributed by atoms with E-state index in [1.54, 1.807) is 0 Å². The summed E-state index contributed by atoms with van der Waals surface area (Å²) in [5.74, 6) is 0.935. The zero-order chi connectivity index (χ0) is 25.5. The van der Waals surface area contributed by atoms with Crippen LogP contribution in [0.25, 0.3) is 82.5 Å². The van der Waals surface area contributed by atoms with Crippen LogP contribution in [-0.2, 0) is 0 Å². The molecule has 0 amide bonds. The summed E-state index contributed by atoms with van der Waals surface area (Å²) in [6, 6.07) is 46.3. The lowest BCUT2D eigenvalue weighted by Crippen LogP contribution is -1.97. The van der Waals surface area contributed by atoms with Crippen molar-refractivity contribution < 1.29 is 0 Å². The van der Waals surface area contributed by atoms with Crippen molar-refractivity contribution in [3.05, 3.63) is 134 Å². The van der Waals surface area contributed by atoms with E-state index in [4.69, 9.17) is 4.98 Å². The van der Waals surface area contributed by atoms with Gasteiger partial charge in [0.25, 0.3) is 0 Å². The number of para-hydroxylation sites is 1. The third-order valence-electron chi connectivity index (χ3n) is 8.39. The van der Waals surface area contributed by atoms with E-state index in [-0.39, 0.29) is 0 Å². The fraction of sp³-hybridized carbons (Fsp3) is 0. The number of aromatic nitrogens is 2. The van der Waals surface area contributed by atoms with E-state index in [0.717, 1.165) is 5.82 Å². The van der Waals surface area contributed by atoms with E-state index >= 15 is 0 Å². The molecule has 9 rings (SSSR count). The lowest BCUT2D eigenvalue weighted by atomic mass is 9.90. The monoisotopic (exact) mass is 494 g/mol. The zero-order valence-electron chi connectivity index (χ0n) is 21.1. The van der Waals surface area contributed by atoms with Gasteiger partial charge in [-0.2, -0.15) is 0 Å². The second-order valence-corrected chi connectivity index (χ2v) is 10.3. The minimum Gasteiger partial charge on any atom is -0.293 e. The van der Waals surface area contributed by atoms with E-state index in [1.807, 2.05) is 12.3 Å². The molecule has 2 heteroatoms. The molecule has 180 valence electrons. The van der Waals surface area contributed by atoms with E-state index in [0.29, 0.717) is 0 Å². The number of hydrogen-bond donors (Lipinski definition) is 0. The van der Waals surface area contributed by atoms with Gasteiger partial charge in [0.15, 0.2) is 0 Å². The summed E-state index contributed by atoms with van der Waals surface area (Å²) < 4.78 is 2.32. The molecule has 0 fully saturated rings. The van der Waals surface area contributed by atoms with Gasteiger partial charge < -0.3 is 0 Å². The fourth-order valence-electron chi connectivity index (χ4n) is 6.81. The molecule has 0 saturated carbocycles. The average molecular weight is 495 g/mol. The molecule has 2 heterocycles. The molecule has 0 atom stereocenters. The second-order valence-electron chi connectivity index (χ2n) is 10.3. The maximum atomic E-state index is 4.76. The molecule has 1 aliphatic carbocycles. The summed E-state index contributed by atoms with van der Waals surface area (Å²) in [5, 5.41) is 7.63. The van der Waals surface area contributed by atoms with Crippen molar-refractivity contribution in [2.24, 2.45) is 0 Å². The molecule has 39 heavy (non-hydrogen) atoms. The summed E-state index contributed by atoms with van der Waals surface area (Å²) in [4.78, 5) is 4.76. The quantitative estimate of drug-likeness (QED) is 0.234. The van der Waals surface area contributed by atoms with Gasteiger partial charge in [-0.1, -0.05) is 103 Å². The first-order chi connectivity index (χ1) is 19.4. The number of benzene rings is 6. The molecule has 2 nitrogen and oxygen atoms in total. The Hall–Kier alpha value is -5.21. The van der Waals surface area contributed by atoms with Crippen molar-refractivity contribution in [2.75, 3.05) is 0 Å². The molecule has 0 spiro atoms. The predicted molar refractivity (Wildman–Crippen MR) is 163 cm³/mol. The Morgan fingerprint density at radius 1 is 0.410 bits per heavy atom. The Balaban J connectivity index is 1.44. The van der Waals surface area contributed by atoms with Gasteiger partial charge in [0.05, 0.1) is 11.0 Å². The van der Waals surface area contributed by atoms with Crippen molar-refractivity contribution in [3.8, 4) is 39.2 Å². The number of hydrogen-bond acceptors (Lipinski definition) is 1. The fourth-order valence-corrected chi connectivity index (χ4v) is 6.81. The molecule has 0 N–H and O–H groups in total. The molecular formula is C37H22N2. The highest BCUT2D eigenvalue weighted by Gasteiger charge is 2.24. The first kappa shape index (κ1) is 20.8. The maximum absolute atomic E-state index is 4.76. The summed E-state index contributed by atoms with van der Waals surface area (Å²) in [5.41, 5.74) is 10.2. The van der Waals surface area contributed by atoms with Crippen molar-refractivity contribution in [3.63, 3.8) is 0 Å². The van der Waals surface area contributed by atoms with Crippen LogP contribution in [0.15, 0.2) is 134 Å². The van der Waals surface area contributed by atoms with Crippen LogP contribution in [-0.4, -0.2) is 9.55 Å². The molecule has 6 aromatic carbocycles. The molecular weight excluding hydrogens is 472 g/mol. The van der Waals surface area contributed by atoms with Gasteiger partial charge >= 0.3 is 0 Å². The Morgan fingerprint density at radius 3 is 1.87 bits per heavy atom. The third-order valence-corrected chi connectivity index (χ3v) is 8.39. The Morgan fingerprint density at radius 2 is 1.05 bits per heavy atom.